The van der Waals surface area contributed by atoms with E-state index in [1.54, 1.807) is 11.8 Å². The van der Waals surface area contributed by atoms with E-state index in [0.717, 1.165) is 54.9 Å². The maximum Gasteiger partial charge on any atom is 0.319 e. The first-order valence-corrected chi connectivity index (χ1v) is 17.6. The summed E-state index contributed by atoms with van der Waals surface area (Å²) in [5.74, 6) is 0.535. The van der Waals surface area contributed by atoms with Crippen molar-refractivity contribution in [2.24, 2.45) is 0 Å². The quantitative estimate of drug-likeness (QED) is 0.0491. The molecule has 1 amide bonds. The van der Waals surface area contributed by atoms with Gasteiger partial charge in [-0.25, -0.2) is 0 Å². The SMILES string of the molecule is O=C(O)CCCCCCCCCCCCCCCC(=O)Nc1ccccc1SCCCCSS(=O)(=O)O. The molecular formula is C27H45NO6S3. The van der Waals surface area contributed by atoms with E-state index in [1.165, 1.54) is 51.4 Å². The maximum atomic E-state index is 12.4. The molecule has 1 aromatic rings. The molecule has 0 heterocycles. The predicted molar refractivity (Wildman–Crippen MR) is 156 cm³/mol. The van der Waals surface area contributed by atoms with Gasteiger partial charge in [0.15, 0.2) is 0 Å². The van der Waals surface area contributed by atoms with Crippen molar-refractivity contribution < 1.29 is 27.7 Å². The molecule has 0 bridgehead atoms. The van der Waals surface area contributed by atoms with Crippen LogP contribution in [-0.4, -0.2) is 41.5 Å². The fraction of sp³-hybridized carbons (Fsp3) is 0.704. The number of aliphatic carboxylic acids is 1. The largest absolute Gasteiger partial charge is 0.481 e. The van der Waals surface area contributed by atoms with Gasteiger partial charge >= 0.3 is 15.1 Å². The first-order chi connectivity index (χ1) is 17.8. The van der Waals surface area contributed by atoms with E-state index in [0.29, 0.717) is 35.8 Å². The van der Waals surface area contributed by atoms with Gasteiger partial charge < -0.3 is 10.4 Å². The number of anilines is 1. The van der Waals surface area contributed by atoms with E-state index in [-0.39, 0.29) is 5.91 Å². The Morgan fingerprint density at radius 2 is 1.19 bits per heavy atom. The van der Waals surface area contributed by atoms with Crippen LogP contribution in [0.15, 0.2) is 29.2 Å². The summed E-state index contributed by atoms with van der Waals surface area (Å²) in [6.45, 7) is 0. The molecule has 1 aromatic carbocycles. The molecule has 37 heavy (non-hydrogen) atoms. The zero-order valence-electron chi connectivity index (χ0n) is 22.0. The molecule has 1 rings (SSSR count). The number of nitrogens with one attached hydrogen (secondary N) is 1. The summed E-state index contributed by atoms with van der Waals surface area (Å²) < 4.78 is 30.2. The fourth-order valence-corrected chi connectivity index (χ4v) is 6.50. The molecule has 0 spiro atoms. The van der Waals surface area contributed by atoms with Crippen LogP contribution in [0.3, 0.4) is 0 Å². The Bertz CT molecular complexity index is 863. The van der Waals surface area contributed by atoms with Crippen LogP contribution in [0.5, 0.6) is 0 Å². The van der Waals surface area contributed by atoms with Crippen molar-refractivity contribution in [3.05, 3.63) is 24.3 Å². The summed E-state index contributed by atoms with van der Waals surface area (Å²) in [5.41, 5.74) is 0.824. The van der Waals surface area contributed by atoms with Crippen molar-refractivity contribution >= 4 is 49.3 Å². The second kappa shape index (κ2) is 21.7. The Labute approximate surface area is 231 Å². The first kappa shape index (κ1) is 33.8. The van der Waals surface area contributed by atoms with Crippen LogP contribution in [0.2, 0.25) is 0 Å². The van der Waals surface area contributed by atoms with Gasteiger partial charge in [0.25, 0.3) is 0 Å². The molecule has 0 aromatic heterocycles. The second-order valence-electron chi connectivity index (χ2n) is 9.34. The molecule has 0 atom stereocenters. The molecule has 0 saturated heterocycles. The smallest absolute Gasteiger partial charge is 0.319 e. The zero-order valence-corrected chi connectivity index (χ0v) is 24.4. The van der Waals surface area contributed by atoms with Gasteiger partial charge in [-0.1, -0.05) is 82.8 Å². The number of amides is 1. The third-order valence-corrected chi connectivity index (χ3v) is 9.29. The highest BCUT2D eigenvalue weighted by Crippen LogP contribution is 2.28. The number of hydrogen-bond donors (Lipinski definition) is 3. The topological polar surface area (TPSA) is 121 Å². The standard InChI is InChI=1S/C27H45NO6S3/c29-26(20-12-10-8-6-4-2-1-3-5-7-9-11-13-21-27(30)31)28-24-18-14-15-19-25(24)35-22-16-17-23-36-37(32,33)34/h14-15,18-19H,1-13,16-17,20-23H2,(H,28,29)(H,30,31)(H,32,33,34). The number of hydrogen-bond acceptors (Lipinski definition) is 6. The average molecular weight is 576 g/mol. The highest BCUT2D eigenvalue weighted by atomic mass is 33.1. The van der Waals surface area contributed by atoms with Crippen molar-refractivity contribution in [1.29, 1.82) is 0 Å². The number of carbonyl (C=O) groups is 2. The highest BCUT2D eigenvalue weighted by molar-refractivity contribution is 8.69. The van der Waals surface area contributed by atoms with Crippen molar-refractivity contribution in [3.63, 3.8) is 0 Å². The molecule has 0 aliphatic carbocycles. The molecular weight excluding hydrogens is 530 g/mol. The van der Waals surface area contributed by atoms with Gasteiger partial charge in [0, 0.05) is 23.5 Å². The molecule has 0 aliphatic heterocycles. The zero-order chi connectivity index (χ0) is 27.2. The van der Waals surface area contributed by atoms with Gasteiger partial charge in [0.2, 0.25) is 5.91 Å². The molecule has 0 radical (unpaired) electrons. The number of thioether (sulfide) groups is 1. The van der Waals surface area contributed by atoms with Crippen LogP contribution in [0.25, 0.3) is 0 Å². The third-order valence-electron chi connectivity index (χ3n) is 5.98. The van der Waals surface area contributed by atoms with Crippen LogP contribution >= 0.6 is 22.6 Å². The monoisotopic (exact) mass is 575 g/mol. The molecule has 3 N–H and O–H groups in total. The number of carboxylic acids is 1. The lowest BCUT2D eigenvalue weighted by molar-refractivity contribution is -0.137. The van der Waals surface area contributed by atoms with E-state index in [9.17, 15) is 18.0 Å². The predicted octanol–water partition coefficient (Wildman–Crippen LogP) is 7.97. The lowest BCUT2D eigenvalue weighted by Gasteiger charge is -2.11. The molecule has 0 unspecified atom stereocenters. The molecule has 0 aliphatic rings. The minimum absolute atomic E-state index is 0.0422. The molecule has 7 nitrogen and oxygen atoms in total. The van der Waals surface area contributed by atoms with E-state index < -0.39 is 15.1 Å². The van der Waals surface area contributed by atoms with Crippen molar-refractivity contribution in [2.45, 2.75) is 114 Å². The summed E-state index contributed by atoms with van der Waals surface area (Å²) in [6, 6.07) is 7.74. The van der Waals surface area contributed by atoms with Crippen LogP contribution < -0.4 is 5.32 Å². The summed E-state index contributed by atoms with van der Waals surface area (Å²) in [7, 11) is -3.40. The number of benzene rings is 1. The van der Waals surface area contributed by atoms with E-state index in [1.807, 2.05) is 24.3 Å². The number of para-hydroxylation sites is 1. The van der Waals surface area contributed by atoms with Crippen LogP contribution in [0.4, 0.5) is 5.69 Å². The molecule has 0 saturated carbocycles. The van der Waals surface area contributed by atoms with E-state index in [2.05, 4.69) is 5.32 Å². The van der Waals surface area contributed by atoms with Crippen molar-refractivity contribution in [3.8, 4) is 0 Å². The van der Waals surface area contributed by atoms with Crippen LogP contribution in [0, 0.1) is 0 Å². The Morgan fingerprint density at radius 3 is 1.73 bits per heavy atom. The van der Waals surface area contributed by atoms with Gasteiger partial charge in [0.05, 0.1) is 5.69 Å². The third kappa shape index (κ3) is 21.4. The normalized spacial score (nSPS) is 11.5. The van der Waals surface area contributed by atoms with E-state index in [4.69, 9.17) is 9.66 Å². The first-order valence-electron chi connectivity index (χ1n) is 13.6. The lowest BCUT2D eigenvalue weighted by atomic mass is 10.0. The van der Waals surface area contributed by atoms with Gasteiger partial charge in [-0.2, -0.15) is 8.42 Å². The minimum atomic E-state index is -3.96. The van der Waals surface area contributed by atoms with E-state index >= 15 is 0 Å². The Hall–Kier alpha value is -1.23. The van der Waals surface area contributed by atoms with Gasteiger partial charge in [-0.15, -0.1) is 11.8 Å². The van der Waals surface area contributed by atoms with Crippen molar-refractivity contribution in [1.82, 2.24) is 0 Å². The number of rotatable bonds is 24. The van der Waals surface area contributed by atoms with Crippen LogP contribution in [0.1, 0.15) is 109 Å². The fourth-order valence-electron chi connectivity index (χ4n) is 3.97. The minimum Gasteiger partial charge on any atom is -0.481 e. The summed E-state index contributed by atoms with van der Waals surface area (Å²) in [4.78, 5) is 23.9. The van der Waals surface area contributed by atoms with Crippen molar-refractivity contribution in [2.75, 3.05) is 16.8 Å². The van der Waals surface area contributed by atoms with Crippen LogP contribution in [-0.2, 0) is 18.7 Å². The van der Waals surface area contributed by atoms with Gasteiger partial charge in [0.1, 0.15) is 0 Å². The molecule has 10 heteroatoms. The number of carbonyl (C=O) groups excluding carboxylic acids is 1. The second-order valence-corrected chi connectivity index (χ2v) is 13.9. The molecule has 0 fully saturated rings. The Balaban J connectivity index is 2.02. The lowest BCUT2D eigenvalue weighted by Crippen LogP contribution is -2.11. The summed E-state index contributed by atoms with van der Waals surface area (Å²) in [5, 5.41) is 11.6. The maximum absolute atomic E-state index is 12.4. The highest BCUT2D eigenvalue weighted by Gasteiger charge is 2.08. The average Bonchev–Trinajstić information content (AvgIpc) is 2.83. The summed E-state index contributed by atoms with van der Waals surface area (Å²) >= 11 is 1.64. The molecule has 212 valence electrons. The Morgan fingerprint density at radius 1 is 0.703 bits per heavy atom. The van der Waals surface area contributed by atoms with Gasteiger partial charge in [-0.3, -0.25) is 14.1 Å². The number of carboxylic acid groups (broad SMARTS) is 1. The van der Waals surface area contributed by atoms with Gasteiger partial charge in [-0.05, 0) is 54.4 Å². The number of unbranched alkanes of at least 4 members (excludes halogenated alkanes) is 13. The summed E-state index contributed by atoms with van der Waals surface area (Å²) in [6.07, 6.45) is 17.2. The Kier molecular flexibility index (Phi) is 19.8.